The van der Waals surface area contributed by atoms with Gasteiger partial charge in [0.05, 0.1) is 26.5 Å². The second kappa shape index (κ2) is 16.7. The van der Waals surface area contributed by atoms with Gasteiger partial charge in [0.1, 0.15) is 30.0 Å². The number of hydrogen-bond donors (Lipinski definition) is 1. The van der Waals surface area contributed by atoms with Crippen molar-refractivity contribution >= 4 is 22.1 Å². The molecule has 0 heterocycles. The van der Waals surface area contributed by atoms with E-state index in [1.165, 1.54) is 12.5 Å². The fourth-order valence-corrected chi connectivity index (χ4v) is 4.61. The summed E-state index contributed by atoms with van der Waals surface area (Å²) < 4.78 is 49.1. The molecule has 9 heteroatoms. The number of carbonyl (C=O) groups excluding carboxylic acids is 1. The Labute approximate surface area is 221 Å². The maximum Gasteiger partial charge on any atom is 0.331 e. The first kappa shape index (κ1) is 30.2. The molecule has 0 radical (unpaired) electrons. The summed E-state index contributed by atoms with van der Waals surface area (Å²) in [6.45, 7) is 2.04. The van der Waals surface area contributed by atoms with Crippen LogP contribution in [0.2, 0.25) is 0 Å². The summed E-state index contributed by atoms with van der Waals surface area (Å²) in [7, 11) is -0.349. The van der Waals surface area contributed by atoms with Crippen molar-refractivity contribution in [2.45, 2.75) is 51.6 Å². The molecule has 1 atom stereocenters. The lowest BCUT2D eigenvalue weighted by Gasteiger charge is -2.19. The highest BCUT2D eigenvalue weighted by Gasteiger charge is 2.18. The van der Waals surface area contributed by atoms with Crippen molar-refractivity contribution in [2.24, 2.45) is 0 Å². The van der Waals surface area contributed by atoms with Crippen molar-refractivity contribution in [3.8, 4) is 17.2 Å². The van der Waals surface area contributed by atoms with Crippen LogP contribution in [0.25, 0.3) is 6.08 Å². The quantitative estimate of drug-likeness (QED) is 0.164. The summed E-state index contributed by atoms with van der Waals surface area (Å²) in [6, 6.07) is 14.1. The lowest BCUT2D eigenvalue weighted by atomic mass is 10.1. The Kier molecular flexibility index (Phi) is 13.6. The number of unbranched alkanes of at least 4 members (excludes halogenated alkanes) is 5. The van der Waals surface area contributed by atoms with Gasteiger partial charge >= 0.3 is 5.97 Å². The van der Waals surface area contributed by atoms with Crippen molar-refractivity contribution in [1.29, 1.82) is 0 Å². The van der Waals surface area contributed by atoms with Gasteiger partial charge in [-0.2, -0.15) is 0 Å². The lowest BCUT2D eigenvalue weighted by Crippen LogP contribution is -2.39. The highest BCUT2D eigenvalue weighted by molar-refractivity contribution is 7.89. The third-order valence-electron chi connectivity index (χ3n) is 5.60. The largest absolute Gasteiger partial charge is 0.497 e. The molecule has 0 fully saturated rings. The summed E-state index contributed by atoms with van der Waals surface area (Å²) in [4.78, 5) is 12.5. The van der Waals surface area contributed by atoms with Crippen LogP contribution in [-0.2, 0) is 19.6 Å². The van der Waals surface area contributed by atoms with Gasteiger partial charge < -0.3 is 18.9 Å². The molecule has 0 aromatic heterocycles. The van der Waals surface area contributed by atoms with Gasteiger partial charge in [-0.1, -0.05) is 51.2 Å². The Morgan fingerprint density at radius 2 is 1.43 bits per heavy atom. The second-order valence-corrected chi connectivity index (χ2v) is 10.5. The van der Waals surface area contributed by atoms with Gasteiger partial charge in [0.15, 0.2) is 0 Å². The van der Waals surface area contributed by atoms with Gasteiger partial charge in [0.25, 0.3) is 0 Å². The molecule has 2 aromatic carbocycles. The number of ether oxygens (including phenoxy) is 4. The minimum absolute atomic E-state index is 0.0199. The summed E-state index contributed by atoms with van der Waals surface area (Å²) in [5, 5.41) is 0. The maximum absolute atomic E-state index is 12.5. The van der Waals surface area contributed by atoms with Gasteiger partial charge in [-0.05, 0) is 54.5 Å². The molecule has 0 amide bonds. The van der Waals surface area contributed by atoms with Crippen LogP contribution in [0.1, 0.15) is 51.0 Å². The van der Waals surface area contributed by atoms with Crippen LogP contribution in [0, 0.1) is 0 Å². The van der Waals surface area contributed by atoms with Crippen LogP contribution in [0.5, 0.6) is 17.2 Å². The SMILES string of the molecule is CCCCCCCCS(=O)(=O)NCC(COc1ccc(OC)cc1)OC(=O)/C=C/c1ccc(OC)cc1. The predicted octanol–water partition coefficient (Wildman–Crippen LogP) is 4.99. The molecular weight excluding hydrogens is 494 g/mol. The van der Waals surface area contributed by atoms with Crippen LogP contribution in [0.4, 0.5) is 0 Å². The van der Waals surface area contributed by atoms with E-state index in [-0.39, 0.29) is 18.9 Å². The molecule has 0 bridgehead atoms. The van der Waals surface area contributed by atoms with Crippen LogP contribution in [0.15, 0.2) is 54.6 Å². The molecule has 0 saturated carbocycles. The van der Waals surface area contributed by atoms with Crippen molar-refractivity contribution in [3.05, 3.63) is 60.2 Å². The molecule has 1 N–H and O–H groups in total. The van der Waals surface area contributed by atoms with E-state index in [9.17, 15) is 13.2 Å². The summed E-state index contributed by atoms with van der Waals surface area (Å²) in [5.74, 6) is 1.38. The van der Waals surface area contributed by atoms with E-state index in [1.54, 1.807) is 56.7 Å². The zero-order chi connectivity index (χ0) is 26.9. The number of hydrogen-bond acceptors (Lipinski definition) is 7. The molecule has 2 aromatic rings. The molecule has 204 valence electrons. The molecular formula is C28H39NO7S. The topological polar surface area (TPSA) is 100 Å². The van der Waals surface area contributed by atoms with Crippen molar-refractivity contribution < 1.29 is 32.2 Å². The number of nitrogens with one attached hydrogen (secondary N) is 1. The fourth-order valence-electron chi connectivity index (χ4n) is 3.44. The van der Waals surface area contributed by atoms with E-state index in [1.807, 2.05) is 12.1 Å². The van der Waals surface area contributed by atoms with Crippen molar-refractivity contribution in [2.75, 3.05) is 33.1 Å². The normalized spacial score (nSPS) is 12.3. The van der Waals surface area contributed by atoms with Gasteiger partial charge in [-0.15, -0.1) is 0 Å². The number of rotatable bonds is 18. The number of benzene rings is 2. The second-order valence-electron chi connectivity index (χ2n) is 8.59. The van der Waals surface area contributed by atoms with Crippen LogP contribution >= 0.6 is 0 Å². The maximum atomic E-state index is 12.5. The lowest BCUT2D eigenvalue weighted by molar-refractivity contribution is -0.144. The van der Waals surface area contributed by atoms with E-state index in [0.717, 1.165) is 31.2 Å². The minimum Gasteiger partial charge on any atom is -0.497 e. The minimum atomic E-state index is -3.50. The number of carbonyl (C=O) groups is 1. The van der Waals surface area contributed by atoms with Gasteiger partial charge in [-0.3, -0.25) is 0 Å². The number of esters is 1. The highest BCUT2D eigenvalue weighted by Crippen LogP contribution is 2.17. The molecule has 0 spiro atoms. The van der Waals surface area contributed by atoms with Crippen LogP contribution in [-0.4, -0.2) is 53.6 Å². The molecule has 0 aliphatic carbocycles. The Bertz CT molecular complexity index is 1050. The Hall–Kier alpha value is -3.04. The van der Waals surface area contributed by atoms with Crippen molar-refractivity contribution in [1.82, 2.24) is 4.72 Å². The molecule has 0 saturated heterocycles. The van der Waals surface area contributed by atoms with Crippen LogP contribution < -0.4 is 18.9 Å². The molecule has 0 aliphatic heterocycles. The summed E-state index contributed by atoms with van der Waals surface area (Å²) in [5.41, 5.74) is 0.795. The standard InChI is InChI=1S/C28H39NO7S/c1-4-5-6-7-8-9-20-37(31,32)29-21-27(22-35-26-17-15-25(34-3)16-18-26)36-28(30)19-12-23-10-13-24(33-2)14-11-23/h10-19,27,29H,4-9,20-22H2,1-3H3/b19-12+. The molecule has 1 unspecified atom stereocenters. The molecule has 37 heavy (non-hydrogen) atoms. The number of methoxy groups -OCH3 is 2. The van der Waals surface area contributed by atoms with E-state index in [2.05, 4.69) is 11.6 Å². The Balaban J connectivity index is 1.94. The summed E-state index contributed by atoms with van der Waals surface area (Å²) >= 11 is 0. The monoisotopic (exact) mass is 533 g/mol. The van der Waals surface area contributed by atoms with Gasteiger partial charge in [0.2, 0.25) is 10.0 Å². The molecule has 2 rings (SSSR count). The fraction of sp³-hybridized carbons (Fsp3) is 0.464. The van der Waals surface area contributed by atoms with Crippen LogP contribution in [0.3, 0.4) is 0 Å². The zero-order valence-corrected chi connectivity index (χ0v) is 22.8. The third kappa shape index (κ3) is 12.7. The Morgan fingerprint density at radius 3 is 2.05 bits per heavy atom. The first-order valence-corrected chi connectivity index (χ1v) is 14.3. The average molecular weight is 534 g/mol. The first-order valence-electron chi connectivity index (χ1n) is 12.6. The van der Waals surface area contributed by atoms with E-state index >= 15 is 0 Å². The zero-order valence-electron chi connectivity index (χ0n) is 22.0. The first-order chi connectivity index (χ1) is 17.8. The summed E-state index contributed by atoms with van der Waals surface area (Å²) in [6.07, 6.45) is 8.02. The third-order valence-corrected chi connectivity index (χ3v) is 7.04. The average Bonchev–Trinajstić information content (AvgIpc) is 2.91. The van der Waals surface area contributed by atoms with Gasteiger partial charge in [-0.25, -0.2) is 17.9 Å². The number of sulfonamides is 1. The smallest absolute Gasteiger partial charge is 0.331 e. The van der Waals surface area contributed by atoms with Crippen molar-refractivity contribution in [3.63, 3.8) is 0 Å². The van der Waals surface area contributed by atoms with E-state index in [0.29, 0.717) is 23.7 Å². The van der Waals surface area contributed by atoms with E-state index in [4.69, 9.17) is 18.9 Å². The molecule has 8 nitrogen and oxygen atoms in total. The predicted molar refractivity (Wildman–Crippen MR) is 146 cm³/mol. The van der Waals surface area contributed by atoms with E-state index < -0.39 is 22.1 Å². The highest BCUT2D eigenvalue weighted by atomic mass is 32.2. The Morgan fingerprint density at radius 1 is 0.865 bits per heavy atom. The molecule has 0 aliphatic rings. The van der Waals surface area contributed by atoms with Gasteiger partial charge in [0, 0.05) is 6.08 Å².